The molecule has 1 aromatic heterocycles. The summed E-state index contributed by atoms with van der Waals surface area (Å²) in [6.07, 6.45) is 2.73. The van der Waals surface area contributed by atoms with E-state index in [-0.39, 0.29) is 35.2 Å². The molecule has 1 spiro atoms. The van der Waals surface area contributed by atoms with Gasteiger partial charge >= 0.3 is 5.69 Å². The third kappa shape index (κ3) is 2.67. The molecule has 0 bridgehead atoms. The van der Waals surface area contributed by atoms with E-state index in [9.17, 15) is 19.8 Å². The molecule has 158 valence electrons. The minimum absolute atomic E-state index is 0.0162. The van der Waals surface area contributed by atoms with Gasteiger partial charge in [-0.05, 0) is 31.1 Å². The van der Waals surface area contributed by atoms with Crippen LogP contribution in [-0.4, -0.2) is 56.5 Å². The van der Waals surface area contributed by atoms with Crippen molar-refractivity contribution in [2.45, 2.75) is 56.7 Å². The monoisotopic (exact) mass is 406 g/mol. The van der Waals surface area contributed by atoms with Crippen LogP contribution in [0.5, 0.6) is 0 Å². The van der Waals surface area contributed by atoms with Crippen LogP contribution in [0, 0.1) is 11.3 Å². The molecule has 8 nitrogen and oxygen atoms in total. The lowest BCUT2D eigenvalue weighted by Gasteiger charge is -2.37. The van der Waals surface area contributed by atoms with Crippen LogP contribution in [0.2, 0.25) is 0 Å². The van der Waals surface area contributed by atoms with Crippen LogP contribution in [0.4, 0.5) is 4.39 Å². The first-order valence-electron chi connectivity index (χ1n) is 10.4. The van der Waals surface area contributed by atoms with Crippen LogP contribution < -0.4 is 17.0 Å². The lowest BCUT2D eigenvalue weighted by Crippen LogP contribution is -2.47. The Hall–Kier alpha value is -1.97. The van der Waals surface area contributed by atoms with Crippen molar-refractivity contribution in [3.63, 3.8) is 0 Å². The zero-order valence-electron chi connectivity index (χ0n) is 16.4. The van der Waals surface area contributed by atoms with Crippen molar-refractivity contribution in [1.29, 1.82) is 0 Å². The topological polar surface area (TPSA) is 125 Å². The molecule has 4 unspecified atom stereocenters. The average Bonchev–Trinajstić information content (AvgIpc) is 3.58. The van der Waals surface area contributed by atoms with Gasteiger partial charge in [-0.1, -0.05) is 6.92 Å². The minimum Gasteiger partial charge on any atom is -0.396 e. The summed E-state index contributed by atoms with van der Waals surface area (Å²) in [5, 5.41) is 19.7. The molecule has 4 atom stereocenters. The Morgan fingerprint density at radius 2 is 2.03 bits per heavy atom. The lowest BCUT2D eigenvalue weighted by atomic mass is 9.85. The van der Waals surface area contributed by atoms with E-state index >= 15 is 4.39 Å². The minimum atomic E-state index is -0.842. The number of fused-ring (bicyclic) bond motifs is 1. The molecule has 4 aliphatic rings. The van der Waals surface area contributed by atoms with Gasteiger partial charge in [0.25, 0.3) is 5.56 Å². The van der Waals surface area contributed by atoms with E-state index in [2.05, 4.69) is 4.98 Å². The Labute approximate surface area is 166 Å². The lowest BCUT2D eigenvalue weighted by molar-refractivity contribution is 0.0305. The Balaban J connectivity index is 1.59. The second-order valence-electron chi connectivity index (χ2n) is 9.26. The van der Waals surface area contributed by atoms with Crippen molar-refractivity contribution in [3.8, 4) is 0 Å². The van der Waals surface area contributed by atoms with Gasteiger partial charge in [0, 0.05) is 36.7 Å². The summed E-state index contributed by atoms with van der Waals surface area (Å²) in [5.74, 6) is -1.11. The molecule has 9 heteroatoms. The number of aromatic amines is 1. The number of nitrogens with one attached hydrogen (secondary N) is 1. The normalized spacial score (nSPS) is 31.9. The number of aromatic nitrogens is 2. The highest BCUT2D eigenvalue weighted by Crippen LogP contribution is 2.59. The van der Waals surface area contributed by atoms with Gasteiger partial charge < -0.3 is 15.9 Å². The first-order chi connectivity index (χ1) is 13.8. The van der Waals surface area contributed by atoms with Crippen molar-refractivity contribution in [2.75, 3.05) is 19.7 Å². The molecule has 0 radical (unpaired) electrons. The number of rotatable bonds is 4. The Bertz CT molecular complexity index is 1010. The highest BCUT2D eigenvalue weighted by Gasteiger charge is 2.59. The fourth-order valence-electron chi connectivity index (χ4n) is 5.68. The number of aliphatic hydroxyl groups is 2. The van der Waals surface area contributed by atoms with E-state index in [1.165, 1.54) is 0 Å². The predicted molar refractivity (Wildman–Crippen MR) is 104 cm³/mol. The maximum Gasteiger partial charge on any atom is 0.328 e. The second-order valence-corrected chi connectivity index (χ2v) is 9.26. The number of likely N-dealkylation sites (tertiary alicyclic amines) is 1. The van der Waals surface area contributed by atoms with Gasteiger partial charge in [0.1, 0.15) is 5.83 Å². The van der Waals surface area contributed by atoms with Crippen LogP contribution in [0.3, 0.4) is 0 Å². The summed E-state index contributed by atoms with van der Waals surface area (Å²) < 4.78 is 17.1. The number of nitrogens with zero attached hydrogens (tertiary/aromatic N) is 2. The average molecular weight is 406 g/mol. The second kappa shape index (κ2) is 6.26. The number of halogens is 1. The van der Waals surface area contributed by atoms with Gasteiger partial charge in [0.15, 0.2) is 0 Å². The molecule has 0 aromatic carbocycles. The highest BCUT2D eigenvalue weighted by atomic mass is 19.1. The number of hydrogen-bond acceptors (Lipinski definition) is 6. The van der Waals surface area contributed by atoms with E-state index < -0.39 is 35.1 Å². The quantitative estimate of drug-likeness (QED) is 0.559. The molecule has 1 aliphatic heterocycles. The van der Waals surface area contributed by atoms with Gasteiger partial charge in [-0.15, -0.1) is 0 Å². The van der Waals surface area contributed by atoms with Crippen molar-refractivity contribution in [3.05, 3.63) is 37.9 Å². The summed E-state index contributed by atoms with van der Waals surface area (Å²) in [6.45, 7) is 2.57. The van der Waals surface area contributed by atoms with Crippen LogP contribution in [0.1, 0.15) is 55.8 Å². The maximum absolute atomic E-state index is 15.5. The summed E-state index contributed by atoms with van der Waals surface area (Å²) in [5.41, 5.74) is 5.29. The molecule has 1 saturated heterocycles. The van der Waals surface area contributed by atoms with Crippen LogP contribution >= 0.6 is 0 Å². The van der Waals surface area contributed by atoms with E-state index in [0.717, 1.165) is 25.7 Å². The summed E-state index contributed by atoms with van der Waals surface area (Å²) in [6, 6.07) is -0.676. The van der Waals surface area contributed by atoms with Gasteiger partial charge in [0.2, 0.25) is 0 Å². The van der Waals surface area contributed by atoms with E-state index in [1.807, 2.05) is 11.8 Å². The fraction of sp³-hybridized carbons (Fsp3) is 0.700. The molecular formula is C20H27FN4O4. The standard InChI is InChI=1S/C20H27FN4O4/c1-9-16-13(18(28)23-19(29)25(16)10-2-3-10)15(22)14(21)17(9)24-6-11(12(27)7-26)20(8-24)4-5-20/h9-12,17,26-27H,2-8,22H2,1H3,(H,23,28,29). The largest absolute Gasteiger partial charge is 0.396 e. The first-order valence-corrected chi connectivity index (χ1v) is 10.4. The van der Waals surface area contributed by atoms with Crippen molar-refractivity contribution >= 4 is 5.70 Å². The van der Waals surface area contributed by atoms with E-state index in [0.29, 0.717) is 18.8 Å². The van der Waals surface area contributed by atoms with E-state index in [4.69, 9.17) is 5.73 Å². The van der Waals surface area contributed by atoms with Gasteiger partial charge in [-0.2, -0.15) is 0 Å². The number of H-pyrrole nitrogens is 1. The molecule has 29 heavy (non-hydrogen) atoms. The van der Waals surface area contributed by atoms with E-state index in [1.54, 1.807) is 4.57 Å². The number of aliphatic hydroxyl groups excluding tert-OH is 2. The smallest absolute Gasteiger partial charge is 0.328 e. The predicted octanol–water partition coefficient (Wildman–Crippen LogP) is 0.0192. The fourth-order valence-corrected chi connectivity index (χ4v) is 5.68. The van der Waals surface area contributed by atoms with Gasteiger partial charge in [-0.3, -0.25) is 19.2 Å². The zero-order chi connectivity index (χ0) is 20.7. The molecule has 0 amide bonds. The highest BCUT2D eigenvalue weighted by molar-refractivity contribution is 5.70. The molecule has 1 aromatic rings. The molecule has 2 heterocycles. The van der Waals surface area contributed by atoms with Gasteiger partial charge in [-0.25, -0.2) is 9.18 Å². The Morgan fingerprint density at radius 1 is 1.34 bits per heavy atom. The summed E-state index contributed by atoms with van der Waals surface area (Å²) >= 11 is 0. The van der Waals surface area contributed by atoms with Crippen molar-refractivity contribution in [2.24, 2.45) is 17.1 Å². The third-order valence-electron chi connectivity index (χ3n) is 7.46. The maximum atomic E-state index is 15.5. The number of hydrogen-bond donors (Lipinski definition) is 4. The first kappa shape index (κ1) is 19.0. The molecule has 2 saturated carbocycles. The van der Waals surface area contributed by atoms with Crippen LogP contribution in [0.15, 0.2) is 15.4 Å². The Morgan fingerprint density at radius 3 is 2.62 bits per heavy atom. The molecule has 5 rings (SSSR count). The number of nitrogens with two attached hydrogens (primary N) is 1. The summed E-state index contributed by atoms with van der Waals surface area (Å²) in [4.78, 5) is 29.3. The molecule has 3 aliphatic carbocycles. The van der Waals surface area contributed by atoms with Crippen molar-refractivity contribution < 1.29 is 14.6 Å². The molecular weight excluding hydrogens is 379 g/mol. The molecule has 3 fully saturated rings. The molecule has 5 N–H and O–H groups in total. The Kier molecular flexibility index (Phi) is 4.11. The van der Waals surface area contributed by atoms with Gasteiger partial charge in [0.05, 0.1) is 30.0 Å². The summed E-state index contributed by atoms with van der Waals surface area (Å²) in [7, 11) is 0. The SMILES string of the molecule is CC1c2c(c(=O)[nH]c(=O)n2C2CC2)C(N)=C(F)C1N1CC(C(O)CO)C2(CC2)C1. The zero-order valence-corrected chi connectivity index (χ0v) is 16.4. The third-order valence-corrected chi connectivity index (χ3v) is 7.46. The van der Waals surface area contributed by atoms with Crippen LogP contribution in [-0.2, 0) is 0 Å². The van der Waals surface area contributed by atoms with Crippen LogP contribution in [0.25, 0.3) is 5.70 Å². The van der Waals surface area contributed by atoms with Crippen molar-refractivity contribution in [1.82, 2.24) is 14.5 Å².